The molecule has 0 unspecified atom stereocenters. The second-order valence-corrected chi connectivity index (χ2v) is 8.51. The zero-order valence-corrected chi connectivity index (χ0v) is 15.5. The third-order valence-electron chi connectivity index (χ3n) is 4.25. The minimum atomic E-state index is -0.217. The van der Waals surface area contributed by atoms with E-state index >= 15 is 0 Å². The molecule has 1 N–H and O–H groups in total. The summed E-state index contributed by atoms with van der Waals surface area (Å²) in [6.45, 7) is 11.3. The minimum absolute atomic E-state index is 0.00315. The number of likely N-dealkylation sites (tertiary alicyclic amines) is 1. The normalized spacial score (nSPS) is 18.6. The van der Waals surface area contributed by atoms with Gasteiger partial charge in [0.2, 0.25) is 11.8 Å². The van der Waals surface area contributed by atoms with E-state index in [4.69, 9.17) is 0 Å². The first-order valence-corrected chi connectivity index (χ1v) is 9.01. The number of nitrogens with one attached hydrogen (secondary N) is 1. The molecule has 1 atom stereocenters. The van der Waals surface area contributed by atoms with Gasteiger partial charge in [0.25, 0.3) is 0 Å². The molecule has 1 aromatic heterocycles. The van der Waals surface area contributed by atoms with E-state index in [0.717, 1.165) is 23.5 Å². The number of aromatic nitrogens is 1. The molecule has 0 radical (unpaired) electrons. The second kappa shape index (κ2) is 6.99. The van der Waals surface area contributed by atoms with Gasteiger partial charge in [0.05, 0.1) is 16.6 Å². The highest BCUT2D eigenvalue weighted by Gasteiger charge is 2.39. The Bertz CT molecular complexity index is 570. The number of rotatable bonds is 5. The van der Waals surface area contributed by atoms with Crippen LogP contribution in [0, 0.1) is 19.8 Å². The third-order valence-corrected chi connectivity index (χ3v) is 5.38. The van der Waals surface area contributed by atoms with Gasteiger partial charge in [-0.25, -0.2) is 4.98 Å². The molecule has 5 nitrogen and oxygen atoms in total. The van der Waals surface area contributed by atoms with E-state index in [1.807, 2.05) is 27.7 Å². The Kier molecular flexibility index (Phi) is 5.45. The largest absolute Gasteiger partial charge is 0.356 e. The Morgan fingerprint density at radius 1 is 1.39 bits per heavy atom. The summed E-state index contributed by atoms with van der Waals surface area (Å²) in [5.41, 5.74) is 0.882. The number of nitrogens with zero attached hydrogens (tertiary/aromatic N) is 2. The Morgan fingerprint density at radius 3 is 2.61 bits per heavy atom. The van der Waals surface area contributed by atoms with Crippen LogP contribution in [0.2, 0.25) is 0 Å². The van der Waals surface area contributed by atoms with Crippen molar-refractivity contribution in [1.82, 2.24) is 15.2 Å². The topological polar surface area (TPSA) is 62.3 Å². The van der Waals surface area contributed by atoms with Crippen molar-refractivity contribution < 1.29 is 9.59 Å². The quantitative estimate of drug-likeness (QED) is 0.840. The molecule has 1 aliphatic rings. The first kappa shape index (κ1) is 17.9. The van der Waals surface area contributed by atoms with Gasteiger partial charge in [-0.2, -0.15) is 0 Å². The number of hydrogen-bond donors (Lipinski definition) is 1. The molecule has 1 aliphatic heterocycles. The van der Waals surface area contributed by atoms with Crippen LogP contribution in [0.25, 0.3) is 0 Å². The van der Waals surface area contributed by atoms with Crippen LogP contribution in [0.4, 0.5) is 0 Å². The zero-order chi connectivity index (χ0) is 17.2. The summed E-state index contributed by atoms with van der Waals surface area (Å²) < 4.78 is 0. The van der Waals surface area contributed by atoms with E-state index in [-0.39, 0.29) is 23.3 Å². The molecule has 23 heavy (non-hydrogen) atoms. The van der Waals surface area contributed by atoms with Crippen LogP contribution in [0.15, 0.2) is 0 Å². The van der Waals surface area contributed by atoms with Crippen molar-refractivity contribution in [3.05, 3.63) is 15.6 Å². The number of thiazole rings is 1. The predicted molar refractivity (Wildman–Crippen MR) is 92.5 cm³/mol. The van der Waals surface area contributed by atoms with Crippen molar-refractivity contribution in [1.29, 1.82) is 0 Å². The van der Waals surface area contributed by atoms with Gasteiger partial charge in [0.1, 0.15) is 0 Å². The molecule has 1 fully saturated rings. The molecule has 0 aliphatic carbocycles. The fourth-order valence-electron chi connectivity index (χ4n) is 2.77. The number of aryl methyl sites for hydroxylation is 3. The summed E-state index contributed by atoms with van der Waals surface area (Å²) in [6, 6.07) is 0. The summed E-state index contributed by atoms with van der Waals surface area (Å²) in [5, 5.41) is 4.10. The summed E-state index contributed by atoms with van der Waals surface area (Å²) >= 11 is 1.73. The van der Waals surface area contributed by atoms with Gasteiger partial charge in [-0.1, -0.05) is 0 Å². The van der Waals surface area contributed by atoms with Crippen molar-refractivity contribution in [2.45, 2.75) is 59.4 Å². The summed E-state index contributed by atoms with van der Waals surface area (Å²) in [5.74, 6) is -0.144. The lowest BCUT2D eigenvalue weighted by atomic mass is 10.1. The Morgan fingerprint density at radius 2 is 2.09 bits per heavy atom. The maximum Gasteiger partial charge on any atom is 0.225 e. The first-order valence-electron chi connectivity index (χ1n) is 8.19. The molecule has 0 spiro atoms. The van der Waals surface area contributed by atoms with E-state index in [9.17, 15) is 9.59 Å². The number of amides is 2. The van der Waals surface area contributed by atoms with Crippen LogP contribution >= 0.6 is 11.3 Å². The van der Waals surface area contributed by atoms with Crippen LogP contribution in [0.1, 0.15) is 49.2 Å². The maximum absolute atomic E-state index is 12.2. The summed E-state index contributed by atoms with van der Waals surface area (Å²) in [7, 11) is 0. The van der Waals surface area contributed by atoms with Crippen molar-refractivity contribution in [2.24, 2.45) is 5.92 Å². The highest BCUT2D eigenvalue weighted by molar-refractivity contribution is 7.11. The first-order chi connectivity index (χ1) is 10.7. The number of carbonyl (C=O) groups excluding carboxylic acids is 2. The SMILES string of the molecule is Cc1nc(CCCNC(=O)[C@@H]2CC(=O)N(C(C)(C)C)C2)sc1C. The van der Waals surface area contributed by atoms with Crippen LogP contribution in [0.5, 0.6) is 0 Å². The smallest absolute Gasteiger partial charge is 0.225 e. The van der Waals surface area contributed by atoms with Gasteiger partial charge in [-0.15, -0.1) is 11.3 Å². The van der Waals surface area contributed by atoms with Gasteiger partial charge in [0.15, 0.2) is 0 Å². The van der Waals surface area contributed by atoms with Gasteiger partial charge < -0.3 is 10.2 Å². The fraction of sp³-hybridized carbons (Fsp3) is 0.706. The molecular weight excluding hydrogens is 310 g/mol. The van der Waals surface area contributed by atoms with E-state index in [1.54, 1.807) is 16.2 Å². The molecule has 0 saturated carbocycles. The predicted octanol–water partition coefficient (Wildman–Crippen LogP) is 2.46. The Labute approximate surface area is 142 Å². The lowest BCUT2D eigenvalue weighted by molar-refractivity contribution is -0.132. The van der Waals surface area contributed by atoms with E-state index in [2.05, 4.69) is 17.2 Å². The monoisotopic (exact) mass is 337 g/mol. The Balaban J connectivity index is 1.74. The van der Waals surface area contributed by atoms with E-state index < -0.39 is 0 Å². The summed E-state index contributed by atoms with van der Waals surface area (Å²) in [6.07, 6.45) is 2.09. The third kappa shape index (κ3) is 4.53. The maximum atomic E-state index is 12.2. The number of hydrogen-bond acceptors (Lipinski definition) is 4. The highest BCUT2D eigenvalue weighted by atomic mass is 32.1. The average molecular weight is 337 g/mol. The van der Waals surface area contributed by atoms with Crippen LogP contribution in [-0.4, -0.2) is 40.3 Å². The standard InChI is InChI=1S/C17H27N3O2S/c1-11-12(2)23-14(19-11)7-6-8-18-16(22)13-9-15(21)20(10-13)17(3,4)5/h13H,6-10H2,1-5H3,(H,18,22)/t13-/m1/s1. The molecule has 2 amide bonds. The molecule has 1 saturated heterocycles. The van der Waals surface area contributed by atoms with Gasteiger partial charge >= 0.3 is 0 Å². The van der Waals surface area contributed by atoms with Gasteiger partial charge in [0, 0.05) is 36.3 Å². The minimum Gasteiger partial charge on any atom is -0.356 e. The molecular formula is C17H27N3O2S. The van der Waals surface area contributed by atoms with E-state index in [1.165, 1.54) is 4.88 Å². The molecule has 2 heterocycles. The van der Waals surface area contributed by atoms with Crippen molar-refractivity contribution in [3.8, 4) is 0 Å². The molecule has 0 aromatic carbocycles. The van der Waals surface area contributed by atoms with Crippen molar-refractivity contribution >= 4 is 23.2 Å². The molecule has 0 bridgehead atoms. The van der Waals surface area contributed by atoms with Crippen molar-refractivity contribution in [3.63, 3.8) is 0 Å². The highest BCUT2D eigenvalue weighted by Crippen LogP contribution is 2.25. The number of carbonyl (C=O) groups is 2. The van der Waals surface area contributed by atoms with Gasteiger partial charge in [-0.05, 0) is 41.0 Å². The van der Waals surface area contributed by atoms with Crippen molar-refractivity contribution in [2.75, 3.05) is 13.1 Å². The van der Waals surface area contributed by atoms with Crippen LogP contribution in [0.3, 0.4) is 0 Å². The molecule has 6 heteroatoms. The summed E-state index contributed by atoms with van der Waals surface area (Å²) in [4.78, 5) is 31.8. The molecule has 128 valence electrons. The van der Waals surface area contributed by atoms with Gasteiger partial charge in [-0.3, -0.25) is 9.59 Å². The lowest BCUT2D eigenvalue weighted by Crippen LogP contribution is -2.43. The van der Waals surface area contributed by atoms with E-state index in [0.29, 0.717) is 19.5 Å². The molecule has 1 aromatic rings. The average Bonchev–Trinajstić information content (AvgIpc) is 2.98. The van der Waals surface area contributed by atoms with Crippen LogP contribution in [-0.2, 0) is 16.0 Å². The molecule has 2 rings (SSSR count). The van der Waals surface area contributed by atoms with Crippen LogP contribution < -0.4 is 5.32 Å². The Hall–Kier alpha value is -1.43. The fourth-order valence-corrected chi connectivity index (χ4v) is 3.75. The second-order valence-electron chi connectivity index (χ2n) is 7.22. The lowest BCUT2D eigenvalue weighted by Gasteiger charge is -2.31. The zero-order valence-electron chi connectivity index (χ0n) is 14.7.